The van der Waals surface area contributed by atoms with Gasteiger partial charge in [0.05, 0.1) is 11.8 Å². The Hall–Kier alpha value is -0.960. The van der Waals surface area contributed by atoms with E-state index in [0.29, 0.717) is 29.7 Å². The van der Waals surface area contributed by atoms with E-state index in [9.17, 15) is 9.50 Å². The molecule has 0 saturated heterocycles. The molecule has 3 heteroatoms. The Morgan fingerprint density at radius 3 is 2.53 bits per heavy atom. The summed E-state index contributed by atoms with van der Waals surface area (Å²) >= 11 is 0. The van der Waals surface area contributed by atoms with Gasteiger partial charge in [0.15, 0.2) is 0 Å². The van der Waals surface area contributed by atoms with Gasteiger partial charge in [-0.3, -0.25) is 4.98 Å². The molecule has 0 spiro atoms. The molecule has 19 heavy (non-hydrogen) atoms. The number of nitrogens with zero attached hydrogens (tertiary/aromatic N) is 1. The molecule has 0 atom stereocenters. The zero-order chi connectivity index (χ0) is 14.1. The van der Waals surface area contributed by atoms with Crippen molar-refractivity contribution >= 4 is 0 Å². The van der Waals surface area contributed by atoms with Crippen molar-refractivity contribution in [2.24, 2.45) is 11.3 Å². The number of rotatable bonds is 3. The molecule has 2 nitrogen and oxygen atoms in total. The Labute approximate surface area is 115 Å². The van der Waals surface area contributed by atoms with E-state index < -0.39 is 5.60 Å². The maximum absolute atomic E-state index is 13.2. The van der Waals surface area contributed by atoms with Crippen molar-refractivity contribution in [3.63, 3.8) is 0 Å². The van der Waals surface area contributed by atoms with E-state index in [-0.39, 0.29) is 5.82 Å². The van der Waals surface area contributed by atoms with Crippen molar-refractivity contribution in [2.75, 3.05) is 0 Å². The molecule has 0 aromatic carbocycles. The van der Waals surface area contributed by atoms with Gasteiger partial charge in [-0.15, -0.1) is 0 Å². The van der Waals surface area contributed by atoms with Gasteiger partial charge in [0.1, 0.15) is 5.82 Å². The molecular weight excluding hydrogens is 241 g/mol. The van der Waals surface area contributed by atoms with Crippen LogP contribution in [0.3, 0.4) is 0 Å². The van der Waals surface area contributed by atoms with Crippen LogP contribution in [0.1, 0.15) is 58.4 Å². The highest BCUT2D eigenvalue weighted by molar-refractivity contribution is 5.19. The maximum Gasteiger partial charge on any atom is 0.141 e. The lowest BCUT2D eigenvalue weighted by molar-refractivity contribution is -0.0332. The van der Waals surface area contributed by atoms with E-state index in [2.05, 4.69) is 25.8 Å². The minimum atomic E-state index is -0.893. The van der Waals surface area contributed by atoms with Crippen LogP contribution in [0, 0.1) is 17.2 Å². The van der Waals surface area contributed by atoms with Gasteiger partial charge in [-0.05, 0) is 43.1 Å². The summed E-state index contributed by atoms with van der Waals surface area (Å²) < 4.78 is 13.2. The van der Waals surface area contributed by atoms with Crippen LogP contribution in [0.15, 0.2) is 18.5 Å². The molecule has 106 valence electrons. The topological polar surface area (TPSA) is 33.1 Å². The molecule has 2 rings (SSSR count). The lowest BCUT2D eigenvalue weighted by Crippen LogP contribution is -2.36. The molecule has 0 radical (unpaired) electrons. The average molecular weight is 265 g/mol. The third-order valence-electron chi connectivity index (χ3n) is 5.07. The fourth-order valence-electron chi connectivity index (χ4n) is 3.12. The molecule has 0 unspecified atom stereocenters. The molecule has 1 aliphatic carbocycles. The molecule has 1 N–H and O–H groups in total. The van der Waals surface area contributed by atoms with Crippen LogP contribution in [0.25, 0.3) is 0 Å². The van der Waals surface area contributed by atoms with Gasteiger partial charge in [0, 0.05) is 11.8 Å². The summed E-state index contributed by atoms with van der Waals surface area (Å²) in [4.78, 5) is 3.85. The van der Waals surface area contributed by atoms with Crippen LogP contribution >= 0.6 is 0 Å². The first-order valence-electron chi connectivity index (χ1n) is 7.21. The number of aliphatic hydroxyl groups is 1. The Kier molecular flexibility index (Phi) is 3.95. The summed E-state index contributed by atoms with van der Waals surface area (Å²) in [6.07, 6.45) is 7.31. The minimum Gasteiger partial charge on any atom is -0.385 e. The monoisotopic (exact) mass is 265 g/mol. The van der Waals surface area contributed by atoms with E-state index in [0.717, 1.165) is 19.3 Å². The van der Waals surface area contributed by atoms with E-state index in [1.165, 1.54) is 12.3 Å². The number of halogens is 1. The standard InChI is InChI=1S/C16H24FNO/c1-4-15(2,3)12-5-7-16(19,8-6-12)13-9-14(17)11-18-10-13/h9-12,19H,4-8H2,1-3H3. The summed E-state index contributed by atoms with van der Waals surface area (Å²) in [5.41, 5.74) is 0.0528. The van der Waals surface area contributed by atoms with Crippen molar-refractivity contribution < 1.29 is 9.50 Å². The first-order chi connectivity index (χ1) is 8.87. The number of hydrogen-bond donors (Lipinski definition) is 1. The first-order valence-corrected chi connectivity index (χ1v) is 7.21. The van der Waals surface area contributed by atoms with Crippen LogP contribution in [0.5, 0.6) is 0 Å². The van der Waals surface area contributed by atoms with Gasteiger partial charge >= 0.3 is 0 Å². The van der Waals surface area contributed by atoms with Gasteiger partial charge in [0.2, 0.25) is 0 Å². The van der Waals surface area contributed by atoms with Gasteiger partial charge < -0.3 is 5.11 Å². The zero-order valence-electron chi connectivity index (χ0n) is 12.1. The minimum absolute atomic E-state index is 0.321. The third-order valence-corrected chi connectivity index (χ3v) is 5.07. The molecule has 0 amide bonds. The van der Waals surface area contributed by atoms with Crippen LogP contribution in [-0.2, 0) is 5.60 Å². The van der Waals surface area contributed by atoms with Crippen LogP contribution in [0.2, 0.25) is 0 Å². The first kappa shape index (κ1) is 14.4. The van der Waals surface area contributed by atoms with Crippen LogP contribution in [-0.4, -0.2) is 10.1 Å². The Bertz CT molecular complexity index is 436. The highest BCUT2D eigenvalue weighted by Crippen LogP contribution is 2.46. The molecular formula is C16H24FNO. The number of aromatic nitrogens is 1. The van der Waals surface area contributed by atoms with Crippen LogP contribution < -0.4 is 0 Å². The molecule has 1 saturated carbocycles. The second kappa shape index (κ2) is 5.20. The SMILES string of the molecule is CCC(C)(C)C1CCC(O)(c2cncc(F)c2)CC1. The maximum atomic E-state index is 13.2. The predicted octanol–water partition coefficient (Wildman–Crippen LogP) is 4.03. The fraction of sp³-hybridized carbons (Fsp3) is 0.688. The number of pyridine rings is 1. The highest BCUT2D eigenvalue weighted by Gasteiger charge is 2.39. The van der Waals surface area contributed by atoms with E-state index in [4.69, 9.17) is 0 Å². The van der Waals surface area contributed by atoms with Crippen molar-refractivity contribution in [2.45, 2.75) is 58.5 Å². The smallest absolute Gasteiger partial charge is 0.141 e. The highest BCUT2D eigenvalue weighted by atomic mass is 19.1. The van der Waals surface area contributed by atoms with Gasteiger partial charge in [-0.25, -0.2) is 4.39 Å². The normalized spacial score (nSPS) is 28.4. The summed E-state index contributed by atoms with van der Waals surface area (Å²) in [6, 6.07) is 1.41. The van der Waals surface area contributed by atoms with Crippen LogP contribution in [0.4, 0.5) is 4.39 Å². The van der Waals surface area contributed by atoms with E-state index >= 15 is 0 Å². The summed E-state index contributed by atoms with van der Waals surface area (Å²) in [7, 11) is 0. The number of hydrogen-bond acceptors (Lipinski definition) is 2. The summed E-state index contributed by atoms with van der Waals surface area (Å²) in [6.45, 7) is 6.81. The van der Waals surface area contributed by atoms with E-state index in [1.54, 1.807) is 6.20 Å². The lowest BCUT2D eigenvalue weighted by atomic mass is 9.65. The Balaban J connectivity index is 2.10. The molecule has 1 heterocycles. The van der Waals surface area contributed by atoms with Gasteiger partial charge in [-0.2, -0.15) is 0 Å². The Morgan fingerprint density at radius 1 is 1.37 bits per heavy atom. The van der Waals surface area contributed by atoms with Gasteiger partial charge in [-0.1, -0.05) is 27.2 Å². The molecule has 0 bridgehead atoms. The average Bonchev–Trinajstić information content (AvgIpc) is 2.39. The largest absolute Gasteiger partial charge is 0.385 e. The quantitative estimate of drug-likeness (QED) is 0.895. The molecule has 1 fully saturated rings. The molecule has 0 aliphatic heterocycles. The fourth-order valence-corrected chi connectivity index (χ4v) is 3.12. The van der Waals surface area contributed by atoms with Crippen molar-refractivity contribution in [3.8, 4) is 0 Å². The van der Waals surface area contributed by atoms with Crippen molar-refractivity contribution in [1.82, 2.24) is 4.98 Å². The molecule has 1 aromatic rings. The summed E-state index contributed by atoms with van der Waals surface area (Å²) in [5.74, 6) is 0.265. The van der Waals surface area contributed by atoms with Gasteiger partial charge in [0.25, 0.3) is 0 Å². The van der Waals surface area contributed by atoms with Crippen molar-refractivity contribution in [1.29, 1.82) is 0 Å². The second-order valence-electron chi connectivity index (χ2n) is 6.54. The zero-order valence-corrected chi connectivity index (χ0v) is 12.1. The Morgan fingerprint density at radius 2 is 2.00 bits per heavy atom. The second-order valence-corrected chi connectivity index (χ2v) is 6.54. The summed E-state index contributed by atoms with van der Waals surface area (Å²) in [5, 5.41) is 10.7. The molecule has 1 aliphatic rings. The predicted molar refractivity (Wildman–Crippen MR) is 74.1 cm³/mol. The third kappa shape index (κ3) is 2.97. The van der Waals surface area contributed by atoms with E-state index in [1.807, 2.05) is 0 Å². The lowest BCUT2D eigenvalue weighted by Gasteiger charge is -2.42. The van der Waals surface area contributed by atoms with Crippen molar-refractivity contribution in [3.05, 3.63) is 29.8 Å². The molecule has 1 aromatic heterocycles.